The minimum Gasteiger partial charge on any atom is -0.485 e. The molecule has 4 rings (SSSR count). The highest BCUT2D eigenvalue weighted by atomic mass is 19.1. The molecule has 1 fully saturated rings. The Kier molecular flexibility index (Phi) is 6.07. The van der Waals surface area contributed by atoms with Gasteiger partial charge in [0.25, 0.3) is 0 Å². The highest BCUT2D eigenvalue weighted by molar-refractivity contribution is 5.87. The first kappa shape index (κ1) is 21.1. The van der Waals surface area contributed by atoms with Gasteiger partial charge in [-0.15, -0.1) is 0 Å². The number of benzene rings is 2. The molecule has 1 unspecified atom stereocenters. The fourth-order valence-electron chi connectivity index (χ4n) is 4.27. The number of aryl methyl sites for hydroxylation is 1. The molecule has 0 aliphatic heterocycles. The molecular weight excluding hydrogens is 402 g/mol. The average Bonchev–Trinajstić information content (AvgIpc) is 3.14. The van der Waals surface area contributed by atoms with Gasteiger partial charge in [0.15, 0.2) is 0 Å². The number of rotatable bonds is 6. The minimum absolute atomic E-state index is 0.190. The highest BCUT2D eigenvalue weighted by Crippen LogP contribution is 2.41. The zero-order chi connectivity index (χ0) is 22.0. The van der Waals surface area contributed by atoms with Gasteiger partial charge < -0.3 is 14.3 Å². The summed E-state index contributed by atoms with van der Waals surface area (Å²) in [5, 5.41) is 9.12. The van der Waals surface area contributed by atoms with Crippen LogP contribution in [0.25, 0.3) is 11.3 Å². The number of furan rings is 1. The van der Waals surface area contributed by atoms with Crippen molar-refractivity contribution in [2.75, 3.05) is 0 Å². The van der Waals surface area contributed by atoms with Gasteiger partial charge in [-0.1, -0.05) is 19.3 Å². The van der Waals surface area contributed by atoms with Crippen LogP contribution in [-0.4, -0.2) is 11.1 Å². The maximum absolute atomic E-state index is 14.3. The predicted octanol–water partition coefficient (Wildman–Crippen LogP) is 6.93. The number of ether oxygens (including phenoxy) is 1. The van der Waals surface area contributed by atoms with Crippen molar-refractivity contribution in [2.24, 2.45) is 5.92 Å². The predicted molar refractivity (Wildman–Crippen MR) is 112 cm³/mol. The first-order chi connectivity index (χ1) is 14.9. The van der Waals surface area contributed by atoms with Crippen molar-refractivity contribution in [1.82, 2.24) is 0 Å². The second-order valence-electron chi connectivity index (χ2n) is 8.01. The molecule has 4 nitrogen and oxygen atoms in total. The third-order valence-electron chi connectivity index (χ3n) is 5.90. The lowest BCUT2D eigenvalue weighted by Gasteiger charge is -2.30. The van der Waals surface area contributed by atoms with Crippen LogP contribution >= 0.6 is 0 Å². The van der Waals surface area contributed by atoms with Crippen molar-refractivity contribution in [1.29, 1.82) is 0 Å². The Bertz CT molecular complexity index is 1070. The Labute approximate surface area is 179 Å². The quantitative estimate of drug-likeness (QED) is 0.464. The molecule has 1 aliphatic carbocycles. The summed E-state index contributed by atoms with van der Waals surface area (Å²) in [5.74, 6) is -0.539. The molecule has 0 bridgehead atoms. The maximum Gasteiger partial charge on any atom is 0.335 e. The molecular formula is C25H24F2O4. The summed E-state index contributed by atoms with van der Waals surface area (Å²) in [4.78, 5) is 11.1. The van der Waals surface area contributed by atoms with E-state index in [4.69, 9.17) is 14.3 Å². The van der Waals surface area contributed by atoms with E-state index >= 15 is 0 Å². The van der Waals surface area contributed by atoms with Crippen molar-refractivity contribution >= 4 is 5.97 Å². The van der Waals surface area contributed by atoms with Gasteiger partial charge in [0.2, 0.25) is 0 Å². The van der Waals surface area contributed by atoms with Crippen LogP contribution < -0.4 is 4.74 Å². The van der Waals surface area contributed by atoms with E-state index in [0.29, 0.717) is 17.3 Å². The molecule has 31 heavy (non-hydrogen) atoms. The fraction of sp³-hybridized carbons (Fsp3) is 0.320. The first-order valence-corrected chi connectivity index (χ1v) is 10.5. The largest absolute Gasteiger partial charge is 0.485 e. The van der Waals surface area contributed by atoms with Gasteiger partial charge in [-0.05, 0) is 62.2 Å². The summed E-state index contributed by atoms with van der Waals surface area (Å²) in [7, 11) is 0. The van der Waals surface area contributed by atoms with E-state index in [-0.39, 0.29) is 23.1 Å². The van der Waals surface area contributed by atoms with Crippen LogP contribution in [0.4, 0.5) is 8.78 Å². The van der Waals surface area contributed by atoms with Gasteiger partial charge in [0.1, 0.15) is 35.0 Å². The molecule has 1 saturated carbocycles. The van der Waals surface area contributed by atoms with Crippen LogP contribution in [0.15, 0.2) is 52.9 Å². The fourth-order valence-corrected chi connectivity index (χ4v) is 4.27. The maximum atomic E-state index is 14.3. The number of hydrogen-bond donors (Lipinski definition) is 1. The second-order valence-corrected chi connectivity index (χ2v) is 8.01. The van der Waals surface area contributed by atoms with Crippen molar-refractivity contribution in [3.8, 4) is 17.1 Å². The van der Waals surface area contributed by atoms with E-state index < -0.39 is 17.6 Å². The molecule has 0 saturated heterocycles. The minimum atomic E-state index is -0.993. The molecule has 1 aliphatic rings. The Morgan fingerprint density at radius 3 is 2.42 bits per heavy atom. The number of carbonyl (C=O) groups is 1. The van der Waals surface area contributed by atoms with Crippen molar-refractivity contribution < 1.29 is 27.8 Å². The van der Waals surface area contributed by atoms with E-state index in [0.717, 1.165) is 37.3 Å². The van der Waals surface area contributed by atoms with Crippen molar-refractivity contribution in [3.05, 3.63) is 77.1 Å². The molecule has 0 amide bonds. The zero-order valence-electron chi connectivity index (χ0n) is 17.2. The number of hydrogen-bond acceptors (Lipinski definition) is 3. The van der Waals surface area contributed by atoms with Gasteiger partial charge in [-0.3, -0.25) is 0 Å². The van der Waals surface area contributed by atoms with Gasteiger partial charge >= 0.3 is 5.97 Å². The third-order valence-corrected chi connectivity index (χ3v) is 5.90. The second kappa shape index (κ2) is 8.92. The van der Waals surface area contributed by atoms with Gasteiger partial charge in [0, 0.05) is 17.5 Å². The Morgan fingerprint density at radius 2 is 1.77 bits per heavy atom. The molecule has 3 aromatic rings. The lowest BCUT2D eigenvalue weighted by atomic mass is 9.82. The van der Waals surface area contributed by atoms with E-state index in [1.54, 1.807) is 18.2 Å². The summed E-state index contributed by atoms with van der Waals surface area (Å²) >= 11 is 0. The highest BCUT2D eigenvalue weighted by Gasteiger charge is 2.30. The molecule has 1 atom stereocenters. The van der Waals surface area contributed by atoms with E-state index in [1.807, 2.05) is 6.92 Å². The van der Waals surface area contributed by atoms with Crippen LogP contribution in [0.2, 0.25) is 0 Å². The number of halogens is 2. The molecule has 1 N–H and O–H groups in total. The molecule has 6 heteroatoms. The summed E-state index contributed by atoms with van der Waals surface area (Å²) in [6.45, 7) is 1.81. The smallest absolute Gasteiger partial charge is 0.335 e. The lowest BCUT2D eigenvalue weighted by molar-refractivity contribution is 0.0696. The topological polar surface area (TPSA) is 59.7 Å². The van der Waals surface area contributed by atoms with Crippen LogP contribution in [-0.2, 0) is 0 Å². The van der Waals surface area contributed by atoms with E-state index in [9.17, 15) is 13.6 Å². The number of carboxylic acids is 1. The average molecular weight is 426 g/mol. The van der Waals surface area contributed by atoms with Crippen LogP contribution in [0.5, 0.6) is 5.75 Å². The molecule has 162 valence electrons. The molecule has 0 spiro atoms. The Balaban J connectivity index is 1.68. The summed E-state index contributed by atoms with van der Waals surface area (Å²) in [5.41, 5.74) is 1.21. The van der Waals surface area contributed by atoms with Gasteiger partial charge in [-0.25, -0.2) is 13.6 Å². The summed E-state index contributed by atoms with van der Waals surface area (Å²) < 4.78 is 39.8. The van der Waals surface area contributed by atoms with E-state index in [1.165, 1.54) is 30.7 Å². The van der Waals surface area contributed by atoms with Gasteiger partial charge in [-0.2, -0.15) is 0 Å². The van der Waals surface area contributed by atoms with Crippen LogP contribution in [0, 0.1) is 24.5 Å². The summed E-state index contributed by atoms with van der Waals surface area (Å²) in [6.07, 6.45) is 5.10. The number of aromatic carboxylic acids is 1. The van der Waals surface area contributed by atoms with Crippen LogP contribution in [0.1, 0.15) is 59.9 Å². The SMILES string of the molecule is Cc1oc(-c2ccc(F)cc2F)cc1C(Oc1ccc(C(=O)O)cc1)C1CCCCC1. The monoisotopic (exact) mass is 426 g/mol. The van der Waals surface area contributed by atoms with Crippen LogP contribution in [0.3, 0.4) is 0 Å². The normalized spacial score (nSPS) is 15.6. The van der Waals surface area contributed by atoms with Gasteiger partial charge in [0.05, 0.1) is 11.1 Å². The van der Waals surface area contributed by atoms with Crippen molar-refractivity contribution in [2.45, 2.75) is 45.1 Å². The first-order valence-electron chi connectivity index (χ1n) is 10.5. The standard InChI is InChI=1S/C25H24F2O4/c1-15-21(14-23(30-15)20-12-9-18(26)13-22(20)27)24(16-5-3-2-4-6-16)31-19-10-7-17(8-11-19)25(28)29/h7-14,16,24H,2-6H2,1H3,(H,28,29). The summed E-state index contributed by atoms with van der Waals surface area (Å²) in [6, 6.07) is 11.5. The van der Waals surface area contributed by atoms with E-state index in [2.05, 4.69) is 0 Å². The molecule has 0 radical (unpaired) electrons. The zero-order valence-corrected chi connectivity index (χ0v) is 17.2. The Hall–Kier alpha value is -3.15. The molecule has 1 heterocycles. The number of carboxylic acid groups (broad SMARTS) is 1. The molecule has 2 aromatic carbocycles. The third kappa shape index (κ3) is 4.63. The molecule has 1 aromatic heterocycles. The lowest BCUT2D eigenvalue weighted by Crippen LogP contribution is -2.21. The van der Waals surface area contributed by atoms with Crippen molar-refractivity contribution in [3.63, 3.8) is 0 Å². The Morgan fingerprint density at radius 1 is 1.06 bits per heavy atom.